The molecule has 1 aliphatic rings. The normalized spacial score (nSPS) is 19.3. The van der Waals surface area contributed by atoms with Gasteiger partial charge < -0.3 is 19.8 Å². The third-order valence-electron chi connectivity index (χ3n) is 7.48. The third-order valence-corrected chi connectivity index (χ3v) is 7.48. The van der Waals surface area contributed by atoms with E-state index in [1.807, 2.05) is 36.5 Å². The van der Waals surface area contributed by atoms with Crippen molar-refractivity contribution in [2.45, 2.75) is 51.0 Å². The maximum absolute atomic E-state index is 11.6. The van der Waals surface area contributed by atoms with Crippen LogP contribution in [-0.2, 0) is 11.2 Å². The first kappa shape index (κ1) is 26.0. The number of hydrogen-bond donors (Lipinski definition) is 2. The number of nitrogens with zero attached hydrogens (tertiary/aromatic N) is 3. The van der Waals surface area contributed by atoms with Gasteiger partial charge in [0.05, 0.1) is 18.7 Å². The molecule has 2 N–H and O–H groups in total. The Bertz CT molecular complexity index is 1120. The van der Waals surface area contributed by atoms with E-state index in [1.165, 1.54) is 5.56 Å². The van der Waals surface area contributed by atoms with Crippen molar-refractivity contribution in [3.63, 3.8) is 0 Å². The number of aliphatic hydroxyl groups is 1. The van der Waals surface area contributed by atoms with E-state index in [0.717, 1.165) is 74.0 Å². The number of aliphatic carboxylic acids is 1. The lowest BCUT2D eigenvalue weighted by Gasteiger charge is -2.38. The van der Waals surface area contributed by atoms with Crippen LogP contribution in [-0.4, -0.2) is 57.8 Å². The van der Waals surface area contributed by atoms with E-state index in [9.17, 15) is 15.0 Å². The molecule has 0 amide bonds. The minimum atomic E-state index is -0.740. The molecule has 0 aliphatic carbocycles. The zero-order valence-corrected chi connectivity index (χ0v) is 21.1. The highest BCUT2D eigenvalue weighted by Crippen LogP contribution is 2.34. The number of fused-ring (bicyclic) bond motifs is 1. The van der Waals surface area contributed by atoms with Crippen LogP contribution >= 0.6 is 0 Å². The second-order valence-corrected chi connectivity index (χ2v) is 9.90. The summed E-state index contributed by atoms with van der Waals surface area (Å²) in [6.45, 7) is 2.80. The Balaban J connectivity index is 1.31. The second kappa shape index (κ2) is 12.8. The van der Waals surface area contributed by atoms with E-state index in [1.54, 1.807) is 19.5 Å². The van der Waals surface area contributed by atoms with Crippen molar-refractivity contribution >= 4 is 16.9 Å². The zero-order chi connectivity index (χ0) is 25.3. The van der Waals surface area contributed by atoms with Gasteiger partial charge in [-0.3, -0.25) is 14.8 Å². The van der Waals surface area contributed by atoms with Gasteiger partial charge in [0.1, 0.15) is 5.75 Å². The summed E-state index contributed by atoms with van der Waals surface area (Å²) < 4.78 is 5.36. The fourth-order valence-electron chi connectivity index (χ4n) is 5.50. The zero-order valence-electron chi connectivity index (χ0n) is 21.1. The summed E-state index contributed by atoms with van der Waals surface area (Å²) >= 11 is 0. The molecular formula is C29H37N3O4. The number of ether oxygens (including phenoxy) is 1. The fourth-order valence-corrected chi connectivity index (χ4v) is 5.50. The van der Waals surface area contributed by atoms with Crippen LogP contribution in [0.3, 0.4) is 0 Å². The molecule has 3 heterocycles. The van der Waals surface area contributed by atoms with Crippen LogP contribution in [0.25, 0.3) is 10.9 Å². The molecule has 1 saturated heterocycles. The molecule has 0 unspecified atom stereocenters. The van der Waals surface area contributed by atoms with Crippen LogP contribution in [0.15, 0.2) is 55.0 Å². The summed E-state index contributed by atoms with van der Waals surface area (Å²) in [6.07, 6.45) is 10.6. The molecule has 7 heteroatoms. The molecule has 3 atom stereocenters. The number of carboxylic acids is 1. The molecule has 1 aliphatic heterocycles. The monoisotopic (exact) mass is 491 g/mol. The number of aryl methyl sites for hydroxylation is 1. The number of carbonyl (C=O) groups is 1. The van der Waals surface area contributed by atoms with E-state index in [0.29, 0.717) is 12.3 Å². The van der Waals surface area contributed by atoms with Gasteiger partial charge in [-0.25, -0.2) is 0 Å². The Kier molecular flexibility index (Phi) is 9.25. The van der Waals surface area contributed by atoms with Crippen molar-refractivity contribution in [1.29, 1.82) is 0 Å². The Labute approximate surface area is 213 Å². The third kappa shape index (κ3) is 7.02. The lowest BCUT2D eigenvalue weighted by atomic mass is 9.79. The Morgan fingerprint density at radius 1 is 1.19 bits per heavy atom. The quantitative estimate of drug-likeness (QED) is 0.348. The second-order valence-electron chi connectivity index (χ2n) is 9.90. The average molecular weight is 492 g/mol. The average Bonchev–Trinajstić information content (AvgIpc) is 2.90. The molecular weight excluding hydrogens is 454 g/mol. The van der Waals surface area contributed by atoms with Crippen LogP contribution < -0.4 is 4.74 Å². The molecule has 0 radical (unpaired) electrons. The number of aliphatic hydroxyl groups excluding tert-OH is 1. The first-order valence-electron chi connectivity index (χ1n) is 13.0. The van der Waals surface area contributed by atoms with Gasteiger partial charge in [-0.1, -0.05) is 6.07 Å². The van der Waals surface area contributed by atoms with E-state index >= 15 is 0 Å². The highest BCUT2D eigenvalue weighted by atomic mass is 16.5. The van der Waals surface area contributed by atoms with Gasteiger partial charge in [-0.2, -0.15) is 0 Å². The number of methoxy groups -OCH3 is 1. The molecule has 0 bridgehead atoms. The van der Waals surface area contributed by atoms with E-state index in [-0.39, 0.29) is 12.3 Å². The molecule has 3 aromatic rings. The summed E-state index contributed by atoms with van der Waals surface area (Å²) in [4.78, 5) is 22.6. The topological polar surface area (TPSA) is 95.8 Å². The summed E-state index contributed by atoms with van der Waals surface area (Å²) in [5, 5.41) is 21.5. The predicted octanol–water partition coefficient (Wildman–Crippen LogP) is 4.89. The summed E-state index contributed by atoms with van der Waals surface area (Å²) in [5.41, 5.74) is 2.94. The minimum Gasteiger partial charge on any atom is -0.497 e. The van der Waals surface area contributed by atoms with Crippen LogP contribution in [0.1, 0.15) is 55.8 Å². The summed E-state index contributed by atoms with van der Waals surface area (Å²) in [5.74, 6) is 0.399. The SMILES string of the molecule is COc1ccc2nccc([C@H](O)CC[C@@H]3CCN(CCCCc4cccnc4)C[C@@H]3CC(=O)O)c2c1. The molecule has 36 heavy (non-hydrogen) atoms. The van der Waals surface area contributed by atoms with E-state index in [2.05, 4.69) is 20.9 Å². The lowest BCUT2D eigenvalue weighted by Crippen LogP contribution is -2.41. The molecule has 1 aromatic carbocycles. The number of pyridine rings is 2. The van der Waals surface area contributed by atoms with E-state index in [4.69, 9.17) is 4.74 Å². The Hall–Kier alpha value is -3.03. The maximum Gasteiger partial charge on any atom is 0.303 e. The highest BCUT2D eigenvalue weighted by molar-refractivity contribution is 5.83. The molecule has 0 saturated carbocycles. The standard InChI is InChI=1S/C29H37N3O4/c1-36-24-8-9-27-26(18-24)25(11-14-31-27)28(33)10-7-22-12-16-32(20-23(22)17-29(34)35)15-3-2-5-21-6-4-13-30-19-21/h4,6,8-9,11,13-14,18-19,22-23,28,33H,2-3,5,7,10,12,15-17,20H2,1H3,(H,34,35)/t22-,23+,28-/m1/s1. The maximum atomic E-state index is 11.6. The number of hydrogen-bond acceptors (Lipinski definition) is 6. The van der Waals surface area contributed by atoms with E-state index < -0.39 is 12.1 Å². The molecule has 1 fully saturated rings. The largest absolute Gasteiger partial charge is 0.497 e. The molecule has 2 aromatic heterocycles. The first-order chi connectivity index (χ1) is 17.5. The number of likely N-dealkylation sites (tertiary alicyclic amines) is 1. The molecule has 192 valence electrons. The van der Waals surface area contributed by atoms with Gasteiger partial charge in [0.2, 0.25) is 0 Å². The van der Waals surface area contributed by atoms with Crippen molar-refractivity contribution in [1.82, 2.24) is 14.9 Å². The van der Waals surface area contributed by atoms with Gasteiger partial charge in [0, 0.05) is 36.9 Å². The fraction of sp³-hybridized carbons (Fsp3) is 0.483. The smallest absolute Gasteiger partial charge is 0.303 e. The molecule has 0 spiro atoms. The number of unbranched alkanes of at least 4 members (excludes halogenated alkanes) is 1. The van der Waals surface area contributed by atoms with Crippen LogP contribution in [0.2, 0.25) is 0 Å². The van der Waals surface area contributed by atoms with Gasteiger partial charge in [-0.15, -0.1) is 0 Å². The number of piperidine rings is 1. The lowest BCUT2D eigenvalue weighted by molar-refractivity contribution is -0.139. The van der Waals surface area contributed by atoms with Gasteiger partial charge in [0.15, 0.2) is 0 Å². The van der Waals surface area contributed by atoms with Crippen molar-refractivity contribution in [2.75, 3.05) is 26.7 Å². The van der Waals surface area contributed by atoms with Crippen LogP contribution in [0.4, 0.5) is 0 Å². The van der Waals surface area contributed by atoms with Crippen molar-refractivity contribution < 1.29 is 19.7 Å². The van der Waals surface area contributed by atoms with Crippen molar-refractivity contribution in [3.05, 3.63) is 66.1 Å². The summed E-state index contributed by atoms with van der Waals surface area (Å²) in [6, 6.07) is 11.6. The number of rotatable bonds is 12. The van der Waals surface area contributed by atoms with Crippen LogP contribution in [0, 0.1) is 11.8 Å². The molecule has 4 rings (SSSR count). The predicted molar refractivity (Wildman–Crippen MR) is 140 cm³/mol. The van der Waals surface area contributed by atoms with Crippen molar-refractivity contribution in [3.8, 4) is 5.75 Å². The highest BCUT2D eigenvalue weighted by Gasteiger charge is 2.31. The van der Waals surface area contributed by atoms with Crippen molar-refractivity contribution in [2.24, 2.45) is 11.8 Å². The number of carboxylic acid groups (broad SMARTS) is 1. The number of aromatic nitrogens is 2. The van der Waals surface area contributed by atoms with Crippen LogP contribution in [0.5, 0.6) is 5.75 Å². The number of benzene rings is 1. The first-order valence-corrected chi connectivity index (χ1v) is 13.0. The minimum absolute atomic E-state index is 0.107. The van der Waals surface area contributed by atoms with Gasteiger partial charge in [0.25, 0.3) is 0 Å². The summed E-state index contributed by atoms with van der Waals surface area (Å²) in [7, 11) is 1.63. The van der Waals surface area contributed by atoms with Gasteiger partial charge >= 0.3 is 5.97 Å². The molecule has 7 nitrogen and oxygen atoms in total. The Morgan fingerprint density at radius 2 is 2.08 bits per heavy atom. The van der Waals surface area contributed by atoms with Gasteiger partial charge in [-0.05, 0) is 105 Å². The Morgan fingerprint density at radius 3 is 2.86 bits per heavy atom.